The van der Waals surface area contributed by atoms with Gasteiger partial charge in [-0.15, -0.1) is 0 Å². The van der Waals surface area contributed by atoms with Crippen LogP contribution in [0.25, 0.3) is 0 Å². The average Bonchev–Trinajstić information content (AvgIpc) is 2.43. The summed E-state index contributed by atoms with van der Waals surface area (Å²) in [6, 6.07) is -1.26. The lowest BCUT2D eigenvalue weighted by molar-refractivity contribution is -0.146. The van der Waals surface area contributed by atoms with Crippen molar-refractivity contribution in [1.82, 2.24) is 10.2 Å². The molecule has 1 atom stereocenters. The van der Waals surface area contributed by atoms with Crippen molar-refractivity contribution >= 4 is 18.0 Å². The van der Waals surface area contributed by atoms with Gasteiger partial charge in [0, 0.05) is 13.1 Å². The number of carboxylic acid groups (broad SMARTS) is 1. The predicted molar refractivity (Wildman–Crippen MR) is 66.6 cm³/mol. The van der Waals surface area contributed by atoms with Crippen molar-refractivity contribution in [2.75, 3.05) is 20.2 Å². The van der Waals surface area contributed by atoms with E-state index in [1.54, 1.807) is 6.92 Å². The van der Waals surface area contributed by atoms with E-state index in [9.17, 15) is 14.4 Å². The molecular formula is C12H20N2O5. The summed E-state index contributed by atoms with van der Waals surface area (Å²) in [5.41, 5.74) is 0. The van der Waals surface area contributed by atoms with E-state index >= 15 is 0 Å². The minimum absolute atomic E-state index is 0.171. The number of esters is 1. The lowest BCUT2D eigenvalue weighted by atomic mass is 9.97. The zero-order valence-electron chi connectivity index (χ0n) is 11.2. The van der Waals surface area contributed by atoms with Crippen molar-refractivity contribution < 1.29 is 24.2 Å². The largest absolute Gasteiger partial charge is 0.480 e. The van der Waals surface area contributed by atoms with Crippen molar-refractivity contribution in [3.63, 3.8) is 0 Å². The summed E-state index contributed by atoms with van der Waals surface area (Å²) in [4.78, 5) is 35.6. The van der Waals surface area contributed by atoms with Crippen LogP contribution in [0.5, 0.6) is 0 Å². The molecule has 7 nitrogen and oxygen atoms in total. The fraction of sp³-hybridized carbons (Fsp3) is 0.750. The maximum absolute atomic E-state index is 11.9. The monoisotopic (exact) mass is 272 g/mol. The molecule has 0 aromatic carbocycles. The van der Waals surface area contributed by atoms with Crippen LogP contribution in [0.15, 0.2) is 0 Å². The smallest absolute Gasteiger partial charge is 0.326 e. The van der Waals surface area contributed by atoms with Gasteiger partial charge < -0.3 is 20.1 Å². The maximum atomic E-state index is 11.9. The van der Waals surface area contributed by atoms with Gasteiger partial charge in [-0.1, -0.05) is 6.92 Å². The number of nitrogens with zero attached hydrogens (tertiary/aromatic N) is 1. The molecule has 0 saturated carbocycles. The van der Waals surface area contributed by atoms with Gasteiger partial charge in [-0.2, -0.15) is 0 Å². The third kappa shape index (κ3) is 4.11. The van der Waals surface area contributed by atoms with Crippen molar-refractivity contribution in [1.29, 1.82) is 0 Å². The molecule has 2 amide bonds. The first kappa shape index (κ1) is 15.3. The SMILES string of the molecule is CC[C@@H](NC(=O)N1CCC(C(=O)OC)CC1)C(=O)O. The molecule has 1 aliphatic heterocycles. The molecule has 0 aromatic rings. The van der Waals surface area contributed by atoms with Gasteiger partial charge in [-0.3, -0.25) is 4.79 Å². The molecule has 2 N–H and O–H groups in total. The van der Waals surface area contributed by atoms with E-state index < -0.39 is 18.0 Å². The summed E-state index contributed by atoms with van der Waals surface area (Å²) < 4.78 is 4.66. The highest BCUT2D eigenvalue weighted by Crippen LogP contribution is 2.18. The number of urea groups is 1. The van der Waals surface area contributed by atoms with Crippen LogP contribution in [0, 0.1) is 5.92 Å². The summed E-state index contributed by atoms with van der Waals surface area (Å²) in [6.45, 7) is 2.56. The number of likely N-dealkylation sites (tertiary alicyclic amines) is 1. The van der Waals surface area contributed by atoms with Gasteiger partial charge in [0.05, 0.1) is 13.0 Å². The predicted octanol–water partition coefficient (Wildman–Crippen LogP) is 0.444. The molecule has 19 heavy (non-hydrogen) atoms. The number of hydrogen-bond donors (Lipinski definition) is 2. The molecule has 0 aromatic heterocycles. The molecule has 1 rings (SSSR count). The fourth-order valence-corrected chi connectivity index (χ4v) is 2.06. The number of hydrogen-bond acceptors (Lipinski definition) is 4. The van der Waals surface area contributed by atoms with E-state index in [4.69, 9.17) is 5.11 Å². The van der Waals surface area contributed by atoms with Gasteiger partial charge in [0.25, 0.3) is 0 Å². The minimum atomic E-state index is -1.04. The Balaban J connectivity index is 2.44. The number of aliphatic carboxylic acids is 1. The first-order chi connectivity index (χ1) is 8.99. The van der Waals surface area contributed by atoms with Crippen LogP contribution >= 0.6 is 0 Å². The Labute approximate surface area is 111 Å². The Kier molecular flexibility index (Phi) is 5.59. The van der Waals surface area contributed by atoms with Crippen LogP contribution in [0.1, 0.15) is 26.2 Å². The second-order valence-corrected chi connectivity index (χ2v) is 4.53. The standard InChI is InChI=1S/C12H20N2O5/c1-3-9(10(15)16)13-12(18)14-6-4-8(5-7-14)11(17)19-2/h8-9H,3-7H2,1-2H3,(H,13,18)(H,15,16)/t9-/m1/s1. The summed E-state index contributed by atoms with van der Waals surface area (Å²) in [5.74, 6) is -1.46. The molecule has 7 heteroatoms. The van der Waals surface area contributed by atoms with E-state index in [1.807, 2.05) is 0 Å². The third-order valence-electron chi connectivity index (χ3n) is 3.32. The second kappa shape index (κ2) is 6.96. The number of carboxylic acids is 1. The molecule has 1 aliphatic rings. The quantitative estimate of drug-likeness (QED) is 0.724. The molecular weight excluding hydrogens is 252 g/mol. The Bertz CT molecular complexity index is 350. The molecule has 1 heterocycles. The van der Waals surface area contributed by atoms with Crippen LogP contribution in [0.4, 0.5) is 4.79 Å². The topological polar surface area (TPSA) is 95.9 Å². The van der Waals surface area contributed by atoms with Gasteiger partial charge >= 0.3 is 18.0 Å². The zero-order valence-corrected chi connectivity index (χ0v) is 11.2. The number of amides is 2. The number of carbonyl (C=O) groups is 3. The molecule has 0 unspecified atom stereocenters. The van der Waals surface area contributed by atoms with Gasteiger partial charge in [0.2, 0.25) is 0 Å². The number of ether oxygens (including phenoxy) is 1. The van der Waals surface area contributed by atoms with Crippen molar-refractivity contribution in [3.05, 3.63) is 0 Å². The van der Waals surface area contributed by atoms with Crippen LogP contribution in [-0.4, -0.2) is 54.2 Å². The molecule has 0 aliphatic carbocycles. The van der Waals surface area contributed by atoms with Crippen LogP contribution in [0.2, 0.25) is 0 Å². The number of methoxy groups -OCH3 is 1. The van der Waals surface area contributed by atoms with Gasteiger partial charge in [-0.05, 0) is 19.3 Å². The summed E-state index contributed by atoms with van der Waals surface area (Å²) in [7, 11) is 1.35. The average molecular weight is 272 g/mol. The normalized spacial score (nSPS) is 17.7. The van der Waals surface area contributed by atoms with Crippen molar-refractivity contribution in [2.45, 2.75) is 32.2 Å². The lowest BCUT2D eigenvalue weighted by Gasteiger charge is -2.31. The number of carbonyl (C=O) groups excluding carboxylic acids is 2. The van der Waals surface area contributed by atoms with Crippen molar-refractivity contribution in [3.8, 4) is 0 Å². The first-order valence-corrected chi connectivity index (χ1v) is 6.35. The lowest BCUT2D eigenvalue weighted by Crippen LogP contribution is -2.50. The first-order valence-electron chi connectivity index (χ1n) is 6.35. The van der Waals surface area contributed by atoms with Crippen LogP contribution in [0.3, 0.4) is 0 Å². The Morgan fingerprint density at radius 2 is 1.95 bits per heavy atom. The maximum Gasteiger partial charge on any atom is 0.326 e. The van der Waals surface area contributed by atoms with Gasteiger partial charge in [-0.25, -0.2) is 9.59 Å². The second-order valence-electron chi connectivity index (χ2n) is 4.53. The number of nitrogens with one attached hydrogen (secondary N) is 1. The summed E-state index contributed by atoms with van der Waals surface area (Å²) >= 11 is 0. The Morgan fingerprint density at radius 3 is 2.37 bits per heavy atom. The van der Waals surface area contributed by atoms with E-state index in [0.717, 1.165) is 0 Å². The Hall–Kier alpha value is -1.79. The molecule has 0 radical (unpaired) electrons. The van der Waals surface area contributed by atoms with E-state index in [0.29, 0.717) is 32.4 Å². The molecule has 0 spiro atoms. The van der Waals surface area contributed by atoms with Gasteiger partial charge in [0.1, 0.15) is 6.04 Å². The summed E-state index contributed by atoms with van der Waals surface area (Å²) in [6.07, 6.45) is 1.42. The van der Waals surface area contributed by atoms with Crippen LogP contribution < -0.4 is 5.32 Å². The number of piperidine rings is 1. The minimum Gasteiger partial charge on any atom is -0.480 e. The Morgan fingerprint density at radius 1 is 1.37 bits per heavy atom. The van der Waals surface area contributed by atoms with Crippen molar-refractivity contribution in [2.24, 2.45) is 5.92 Å². The van der Waals surface area contributed by atoms with E-state index in [2.05, 4.69) is 10.1 Å². The van der Waals surface area contributed by atoms with Crippen LogP contribution in [-0.2, 0) is 14.3 Å². The highest BCUT2D eigenvalue weighted by Gasteiger charge is 2.29. The highest BCUT2D eigenvalue weighted by molar-refractivity contribution is 5.82. The molecule has 1 saturated heterocycles. The molecule has 0 bridgehead atoms. The number of rotatable bonds is 4. The summed E-state index contributed by atoms with van der Waals surface area (Å²) in [5, 5.41) is 11.3. The fourth-order valence-electron chi connectivity index (χ4n) is 2.06. The van der Waals surface area contributed by atoms with E-state index in [-0.39, 0.29) is 11.9 Å². The third-order valence-corrected chi connectivity index (χ3v) is 3.32. The zero-order chi connectivity index (χ0) is 14.4. The highest BCUT2D eigenvalue weighted by atomic mass is 16.5. The van der Waals surface area contributed by atoms with Gasteiger partial charge in [0.15, 0.2) is 0 Å². The molecule has 1 fully saturated rings. The van der Waals surface area contributed by atoms with E-state index in [1.165, 1.54) is 12.0 Å². The molecule has 108 valence electrons.